The van der Waals surface area contributed by atoms with Gasteiger partial charge in [0.25, 0.3) is 11.8 Å². The van der Waals surface area contributed by atoms with Crippen molar-refractivity contribution >= 4 is 33.6 Å². The Balaban J connectivity index is 1.66. The van der Waals surface area contributed by atoms with E-state index in [2.05, 4.69) is 9.97 Å². The number of amides is 2. The highest BCUT2D eigenvalue weighted by Crippen LogP contribution is 2.42. The maximum atomic E-state index is 13.0. The van der Waals surface area contributed by atoms with Crippen molar-refractivity contribution in [3.05, 3.63) is 71.5 Å². The predicted molar refractivity (Wildman–Crippen MR) is 101 cm³/mol. The van der Waals surface area contributed by atoms with E-state index < -0.39 is 23.3 Å². The van der Waals surface area contributed by atoms with E-state index in [9.17, 15) is 19.8 Å². The Morgan fingerprint density at radius 2 is 1.36 bits per heavy atom. The molecule has 0 saturated carbocycles. The molecule has 3 aromatic carbocycles. The summed E-state index contributed by atoms with van der Waals surface area (Å²) < 4.78 is 0. The van der Waals surface area contributed by atoms with Crippen molar-refractivity contribution in [3.63, 3.8) is 0 Å². The first-order chi connectivity index (χ1) is 13.6. The third-order valence-corrected chi connectivity index (χ3v) is 5.00. The molecule has 2 N–H and O–H groups in total. The molecule has 1 aliphatic rings. The zero-order valence-corrected chi connectivity index (χ0v) is 14.5. The minimum Gasteiger partial charge on any atom is -0.505 e. The van der Waals surface area contributed by atoms with E-state index in [1.807, 2.05) is 42.5 Å². The SMILES string of the molecule is O=C1c2c(c(O)c3nccnc3c2O)C(=O)N1Cc1cccc2ccccc12. The summed E-state index contributed by atoms with van der Waals surface area (Å²) in [5.41, 5.74) is 0.262. The van der Waals surface area contributed by atoms with Crippen molar-refractivity contribution in [2.75, 3.05) is 0 Å². The third-order valence-electron chi connectivity index (χ3n) is 5.00. The highest BCUT2D eigenvalue weighted by atomic mass is 16.3. The molecule has 2 amide bonds. The number of carbonyl (C=O) groups is 2. The number of fused-ring (bicyclic) bond motifs is 3. The number of phenols is 2. The van der Waals surface area contributed by atoms with Gasteiger partial charge in [0.05, 0.1) is 6.54 Å². The van der Waals surface area contributed by atoms with Crippen LogP contribution in [0, 0.1) is 0 Å². The van der Waals surface area contributed by atoms with Gasteiger partial charge in [-0.05, 0) is 16.3 Å². The zero-order valence-electron chi connectivity index (χ0n) is 14.5. The van der Waals surface area contributed by atoms with Crippen molar-refractivity contribution in [1.82, 2.24) is 14.9 Å². The Bertz CT molecular complexity index is 1250. The Labute approximate surface area is 158 Å². The Kier molecular flexibility index (Phi) is 3.33. The molecule has 136 valence electrons. The number of aromatic nitrogens is 2. The Hall–Kier alpha value is -4.00. The second kappa shape index (κ2) is 5.75. The molecule has 28 heavy (non-hydrogen) atoms. The molecule has 7 nitrogen and oxygen atoms in total. The van der Waals surface area contributed by atoms with Crippen molar-refractivity contribution in [3.8, 4) is 11.5 Å². The van der Waals surface area contributed by atoms with E-state index in [1.165, 1.54) is 12.4 Å². The minimum absolute atomic E-state index is 0.0176. The van der Waals surface area contributed by atoms with Gasteiger partial charge in [-0.2, -0.15) is 0 Å². The Morgan fingerprint density at radius 3 is 2.00 bits per heavy atom. The van der Waals surface area contributed by atoms with E-state index >= 15 is 0 Å². The number of carbonyl (C=O) groups excluding carboxylic acids is 2. The molecule has 5 rings (SSSR count). The van der Waals surface area contributed by atoms with Crippen LogP contribution in [0.25, 0.3) is 21.8 Å². The Morgan fingerprint density at radius 1 is 0.786 bits per heavy atom. The fraction of sp³-hybridized carbons (Fsp3) is 0.0476. The van der Waals surface area contributed by atoms with E-state index in [0.717, 1.165) is 21.2 Å². The van der Waals surface area contributed by atoms with Gasteiger partial charge in [-0.15, -0.1) is 0 Å². The molecule has 0 aliphatic carbocycles. The average molecular weight is 371 g/mol. The van der Waals surface area contributed by atoms with Gasteiger partial charge in [0.2, 0.25) is 0 Å². The molecule has 0 saturated heterocycles. The smallest absolute Gasteiger partial charge is 0.265 e. The molecule has 2 heterocycles. The number of rotatable bonds is 2. The van der Waals surface area contributed by atoms with Crippen LogP contribution in [0.2, 0.25) is 0 Å². The molecular formula is C21H13N3O4. The molecule has 1 aromatic heterocycles. The van der Waals surface area contributed by atoms with Gasteiger partial charge in [-0.25, -0.2) is 9.97 Å². The van der Waals surface area contributed by atoms with Crippen LogP contribution in [-0.4, -0.2) is 36.9 Å². The molecule has 1 aliphatic heterocycles. The number of benzene rings is 3. The summed E-state index contributed by atoms with van der Waals surface area (Å²) in [4.78, 5) is 34.9. The van der Waals surface area contributed by atoms with Gasteiger partial charge in [-0.1, -0.05) is 42.5 Å². The third kappa shape index (κ3) is 2.10. The van der Waals surface area contributed by atoms with Crippen molar-refractivity contribution < 1.29 is 19.8 Å². The van der Waals surface area contributed by atoms with Gasteiger partial charge in [0.15, 0.2) is 11.5 Å². The summed E-state index contributed by atoms with van der Waals surface area (Å²) in [6.45, 7) is 0.0176. The average Bonchev–Trinajstić information content (AvgIpc) is 2.97. The van der Waals surface area contributed by atoms with Crippen LogP contribution >= 0.6 is 0 Å². The number of hydrogen-bond acceptors (Lipinski definition) is 6. The van der Waals surface area contributed by atoms with Crippen LogP contribution in [-0.2, 0) is 6.54 Å². The molecule has 0 spiro atoms. The fourth-order valence-electron chi connectivity index (χ4n) is 3.68. The zero-order chi connectivity index (χ0) is 19.4. The number of aromatic hydroxyl groups is 2. The van der Waals surface area contributed by atoms with Crippen LogP contribution in [0.5, 0.6) is 11.5 Å². The van der Waals surface area contributed by atoms with Gasteiger partial charge >= 0.3 is 0 Å². The highest BCUT2D eigenvalue weighted by molar-refractivity contribution is 6.26. The van der Waals surface area contributed by atoms with E-state index in [4.69, 9.17) is 0 Å². The first-order valence-corrected chi connectivity index (χ1v) is 8.59. The number of phenolic OH excluding ortho intramolecular Hbond substituents is 2. The number of hydrogen-bond donors (Lipinski definition) is 2. The van der Waals surface area contributed by atoms with Gasteiger partial charge < -0.3 is 10.2 Å². The van der Waals surface area contributed by atoms with E-state index in [1.54, 1.807) is 0 Å². The van der Waals surface area contributed by atoms with Crippen molar-refractivity contribution in [1.29, 1.82) is 0 Å². The summed E-state index contributed by atoms with van der Waals surface area (Å²) in [5, 5.41) is 23.0. The quantitative estimate of drug-likeness (QED) is 0.415. The molecule has 0 fully saturated rings. The lowest BCUT2D eigenvalue weighted by Crippen LogP contribution is -2.29. The van der Waals surface area contributed by atoms with E-state index in [0.29, 0.717) is 0 Å². The maximum Gasteiger partial charge on any atom is 0.265 e. The van der Waals surface area contributed by atoms with Crippen LogP contribution in [0.4, 0.5) is 0 Å². The summed E-state index contributed by atoms with van der Waals surface area (Å²) >= 11 is 0. The summed E-state index contributed by atoms with van der Waals surface area (Å²) in [6, 6.07) is 13.3. The maximum absolute atomic E-state index is 13.0. The lowest BCUT2D eigenvalue weighted by atomic mass is 10.0. The number of nitrogens with zero attached hydrogens (tertiary/aromatic N) is 3. The van der Waals surface area contributed by atoms with Crippen LogP contribution in [0.15, 0.2) is 54.9 Å². The summed E-state index contributed by atoms with van der Waals surface area (Å²) in [6.07, 6.45) is 2.67. The second-order valence-corrected chi connectivity index (χ2v) is 6.54. The fourth-order valence-corrected chi connectivity index (χ4v) is 3.68. The molecule has 0 unspecified atom stereocenters. The predicted octanol–water partition coefficient (Wildman–Crippen LogP) is 2.99. The topological polar surface area (TPSA) is 104 Å². The molecule has 0 bridgehead atoms. The van der Waals surface area contributed by atoms with E-state index in [-0.39, 0.29) is 28.7 Å². The van der Waals surface area contributed by atoms with Gasteiger partial charge in [0, 0.05) is 12.4 Å². The monoisotopic (exact) mass is 371 g/mol. The standard InChI is InChI=1S/C21H13N3O4/c25-18-14-15(19(26)17-16(18)22-8-9-23-17)21(28)24(20(14)27)10-12-6-3-5-11-4-1-2-7-13(11)12/h1-9,25-26H,10H2. The van der Waals surface area contributed by atoms with Crippen LogP contribution in [0.3, 0.4) is 0 Å². The first kappa shape index (κ1) is 16.2. The molecular weight excluding hydrogens is 358 g/mol. The van der Waals surface area contributed by atoms with Crippen LogP contribution < -0.4 is 0 Å². The normalized spacial score (nSPS) is 13.5. The molecule has 4 aromatic rings. The largest absolute Gasteiger partial charge is 0.505 e. The van der Waals surface area contributed by atoms with Gasteiger partial charge in [-0.3, -0.25) is 14.5 Å². The van der Waals surface area contributed by atoms with Crippen molar-refractivity contribution in [2.45, 2.75) is 6.54 Å². The minimum atomic E-state index is -0.673. The first-order valence-electron chi connectivity index (χ1n) is 8.59. The van der Waals surface area contributed by atoms with Gasteiger partial charge in [0.1, 0.15) is 22.2 Å². The lowest BCUT2D eigenvalue weighted by molar-refractivity contribution is 0.0641. The molecule has 7 heteroatoms. The highest BCUT2D eigenvalue weighted by Gasteiger charge is 2.42. The van der Waals surface area contributed by atoms with Crippen LogP contribution in [0.1, 0.15) is 26.3 Å². The van der Waals surface area contributed by atoms with Crippen molar-refractivity contribution in [2.24, 2.45) is 0 Å². The molecule has 0 atom stereocenters. The summed E-state index contributed by atoms with van der Waals surface area (Å²) in [5.74, 6) is -2.24. The summed E-state index contributed by atoms with van der Waals surface area (Å²) in [7, 11) is 0. The lowest BCUT2D eigenvalue weighted by Gasteiger charge is -2.15. The second-order valence-electron chi connectivity index (χ2n) is 6.54. The number of imide groups is 1. The molecule has 0 radical (unpaired) electrons.